The standard InChI is InChI=1S/C16H15N5O/c17-7-13-8-19-21-10-12(1-2-16(13)21)14-9-18-20(11-14)15-3-5-22-6-4-15/h1-2,8-11,15H,3-6H2. The van der Waals surface area contributed by atoms with Gasteiger partial charge in [0.05, 0.1) is 29.5 Å². The molecule has 6 nitrogen and oxygen atoms in total. The summed E-state index contributed by atoms with van der Waals surface area (Å²) in [6.07, 6.45) is 9.49. The zero-order valence-electron chi connectivity index (χ0n) is 12.0. The van der Waals surface area contributed by atoms with Crippen LogP contribution in [0.1, 0.15) is 24.4 Å². The van der Waals surface area contributed by atoms with Crippen molar-refractivity contribution in [2.75, 3.05) is 13.2 Å². The monoisotopic (exact) mass is 293 g/mol. The Morgan fingerprint density at radius 1 is 1.09 bits per heavy atom. The summed E-state index contributed by atoms with van der Waals surface area (Å²) in [7, 11) is 0. The lowest BCUT2D eigenvalue weighted by Crippen LogP contribution is -2.19. The molecule has 0 amide bonds. The molecule has 1 aliphatic heterocycles. The molecule has 0 bridgehead atoms. The molecule has 0 saturated carbocycles. The summed E-state index contributed by atoms with van der Waals surface area (Å²) in [5.74, 6) is 0. The van der Waals surface area contributed by atoms with Gasteiger partial charge in [0.15, 0.2) is 0 Å². The van der Waals surface area contributed by atoms with Crippen LogP contribution in [0.3, 0.4) is 0 Å². The largest absolute Gasteiger partial charge is 0.381 e. The zero-order valence-corrected chi connectivity index (χ0v) is 12.0. The third-order valence-electron chi connectivity index (χ3n) is 4.14. The van der Waals surface area contributed by atoms with E-state index in [2.05, 4.69) is 22.5 Å². The number of rotatable bonds is 2. The minimum Gasteiger partial charge on any atom is -0.381 e. The van der Waals surface area contributed by atoms with Gasteiger partial charge in [0.25, 0.3) is 0 Å². The molecular weight excluding hydrogens is 278 g/mol. The van der Waals surface area contributed by atoms with E-state index in [-0.39, 0.29) is 0 Å². The highest BCUT2D eigenvalue weighted by Gasteiger charge is 2.17. The molecule has 0 aromatic carbocycles. The molecule has 22 heavy (non-hydrogen) atoms. The summed E-state index contributed by atoms with van der Waals surface area (Å²) in [6.45, 7) is 1.60. The summed E-state index contributed by atoms with van der Waals surface area (Å²) in [5.41, 5.74) is 3.51. The molecule has 0 unspecified atom stereocenters. The number of nitriles is 1. The van der Waals surface area contributed by atoms with Crippen LogP contribution in [-0.4, -0.2) is 32.6 Å². The van der Waals surface area contributed by atoms with Gasteiger partial charge in [-0.3, -0.25) is 4.68 Å². The second-order valence-corrected chi connectivity index (χ2v) is 5.47. The van der Waals surface area contributed by atoms with Gasteiger partial charge in [0.2, 0.25) is 0 Å². The second kappa shape index (κ2) is 5.28. The Hall–Kier alpha value is -2.65. The number of hydrogen-bond donors (Lipinski definition) is 0. The molecule has 1 aliphatic rings. The van der Waals surface area contributed by atoms with E-state index in [4.69, 9.17) is 10.00 Å². The quantitative estimate of drug-likeness (QED) is 0.727. The van der Waals surface area contributed by atoms with E-state index < -0.39 is 0 Å². The Morgan fingerprint density at radius 2 is 1.95 bits per heavy atom. The number of pyridine rings is 1. The maximum Gasteiger partial charge on any atom is 0.103 e. The summed E-state index contributed by atoms with van der Waals surface area (Å²) in [5, 5.41) is 17.8. The summed E-state index contributed by atoms with van der Waals surface area (Å²) in [6, 6.07) is 6.49. The van der Waals surface area contributed by atoms with Crippen LogP contribution in [0.2, 0.25) is 0 Å². The molecule has 0 atom stereocenters. The van der Waals surface area contributed by atoms with Gasteiger partial charge in [-0.25, -0.2) is 4.52 Å². The van der Waals surface area contributed by atoms with Crippen molar-refractivity contribution < 1.29 is 4.74 Å². The molecule has 110 valence electrons. The number of aromatic nitrogens is 4. The van der Waals surface area contributed by atoms with Crippen LogP contribution in [0.15, 0.2) is 36.9 Å². The second-order valence-electron chi connectivity index (χ2n) is 5.47. The average Bonchev–Trinajstić information content (AvgIpc) is 3.22. The van der Waals surface area contributed by atoms with Crippen molar-refractivity contribution in [2.24, 2.45) is 0 Å². The first-order valence-corrected chi connectivity index (χ1v) is 7.35. The average molecular weight is 293 g/mol. The topological polar surface area (TPSA) is 68.1 Å². The predicted octanol–water partition coefficient (Wildman–Crippen LogP) is 2.42. The lowest BCUT2D eigenvalue weighted by Gasteiger charge is -2.22. The van der Waals surface area contributed by atoms with Crippen LogP contribution in [0.25, 0.3) is 16.6 Å². The number of nitrogens with zero attached hydrogens (tertiary/aromatic N) is 5. The van der Waals surface area contributed by atoms with Crippen molar-refractivity contribution >= 4 is 5.52 Å². The first-order valence-electron chi connectivity index (χ1n) is 7.35. The molecule has 6 heteroatoms. The van der Waals surface area contributed by atoms with E-state index in [0.717, 1.165) is 42.7 Å². The number of ether oxygens (including phenoxy) is 1. The Bertz CT molecular complexity index is 851. The fraction of sp³-hybridized carbons (Fsp3) is 0.312. The highest BCUT2D eigenvalue weighted by Crippen LogP contribution is 2.25. The molecule has 0 radical (unpaired) electrons. The van der Waals surface area contributed by atoms with E-state index in [1.807, 2.05) is 29.2 Å². The first kappa shape index (κ1) is 13.0. The fourth-order valence-electron chi connectivity index (χ4n) is 2.88. The molecule has 4 heterocycles. The lowest BCUT2D eigenvalue weighted by atomic mass is 10.1. The SMILES string of the molecule is N#Cc1cnn2cc(-c3cnn(C4CCOCC4)c3)ccc12. The maximum absolute atomic E-state index is 9.03. The lowest BCUT2D eigenvalue weighted by molar-refractivity contribution is 0.0662. The number of hydrogen-bond acceptors (Lipinski definition) is 4. The zero-order chi connectivity index (χ0) is 14.9. The molecule has 0 spiro atoms. The Labute approximate surface area is 127 Å². The minimum absolute atomic E-state index is 0.418. The molecule has 1 saturated heterocycles. The van der Waals surface area contributed by atoms with Gasteiger partial charge in [-0.05, 0) is 18.9 Å². The van der Waals surface area contributed by atoms with Crippen LogP contribution in [0, 0.1) is 11.3 Å². The van der Waals surface area contributed by atoms with Crippen molar-refractivity contribution in [1.29, 1.82) is 5.26 Å². The molecule has 1 fully saturated rings. The van der Waals surface area contributed by atoms with Crippen LogP contribution in [0.4, 0.5) is 0 Å². The van der Waals surface area contributed by atoms with E-state index in [1.165, 1.54) is 0 Å². The van der Waals surface area contributed by atoms with Crippen molar-refractivity contribution in [3.63, 3.8) is 0 Å². The highest BCUT2D eigenvalue weighted by atomic mass is 16.5. The van der Waals surface area contributed by atoms with Gasteiger partial charge < -0.3 is 4.74 Å². The van der Waals surface area contributed by atoms with Crippen LogP contribution in [0.5, 0.6) is 0 Å². The van der Waals surface area contributed by atoms with Crippen molar-refractivity contribution in [2.45, 2.75) is 18.9 Å². The van der Waals surface area contributed by atoms with Crippen LogP contribution < -0.4 is 0 Å². The molecule has 3 aromatic rings. The summed E-state index contributed by atoms with van der Waals surface area (Å²) >= 11 is 0. The van der Waals surface area contributed by atoms with Crippen molar-refractivity contribution in [3.05, 3.63) is 42.5 Å². The molecule has 0 aliphatic carbocycles. The van der Waals surface area contributed by atoms with Gasteiger partial charge in [-0.2, -0.15) is 15.5 Å². The third kappa shape index (κ3) is 2.16. The summed E-state index contributed by atoms with van der Waals surface area (Å²) < 4.78 is 9.16. The molecule has 4 rings (SSSR count). The number of fused-ring (bicyclic) bond motifs is 1. The van der Waals surface area contributed by atoms with Gasteiger partial charge in [0.1, 0.15) is 6.07 Å². The molecule has 0 N–H and O–H groups in total. The van der Waals surface area contributed by atoms with Crippen LogP contribution >= 0.6 is 0 Å². The normalized spacial score (nSPS) is 16.0. The van der Waals surface area contributed by atoms with Gasteiger partial charge in [-0.15, -0.1) is 0 Å². The Kier molecular flexibility index (Phi) is 3.13. The maximum atomic E-state index is 9.03. The molecule has 3 aromatic heterocycles. The van der Waals surface area contributed by atoms with E-state index in [9.17, 15) is 0 Å². The van der Waals surface area contributed by atoms with Crippen molar-refractivity contribution in [1.82, 2.24) is 19.4 Å². The highest BCUT2D eigenvalue weighted by molar-refractivity contribution is 5.67. The fourth-order valence-corrected chi connectivity index (χ4v) is 2.88. The Morgan fingerprint density at radius 3 is 2.77 bits per heavy atom. The third-order valence-corrected chi connectivity index (χ3v) is 4.14. The smallest absolute Gasteiger partial charge is 0.103 e. The minimum atomic E-state index is 0.418. The van der Waals surface area contributed by atoms with Crippen molar-refractivity contribution in [3.8, 4) is 17.2 Å². The summed E-state index contributed by atoms with van der Waals surface area (Å²) in [4.78, 5) is 0. The van der Waals surface area contributed by atoms with Gasteiger partial charge in [-0.1, -0.05) is 6.07 Å². The van der Waals surface area contributed by atoms with Gasteiger partial charge >= 0.3 is 0 Å². The van der Waals surface area contributed by atoms with E-state index in [1.54, 1.807) is 10.7 Å². The Balaban J connectivity index is 1.67. The van der Waals surface area contributed by atoms with Gasteiger partial charge in [0, 0.05) is 36.7 Å². The predicted molar refractivity (Wildman–Crippen MR) is 80.2 cm³/mol. The van der Waals surface area contributed by atoms with Crippen LogP contribution in [-0.2, 0) is 4.74 Å². The van der Waals surface area contributed by atoms with E-state index in [0.29, 0.717) is 11.6 Å². The first-order chi connectivity index (χ1) is 10.8. The molecular formula is C16H15N5O. The van der Waals surface area contributed by atoms with E-state index >= 15 is 0 Å².